The van der Waals surface area contributed by atoms with E-state index >= 15 is 0 Å². The number of benzene rings is 1. The van der Waals surface area contributed by atoms with Crippen molar-refractivity contribution in [2.45, 2.75) is 33.4 Å². The van der Waals surface area contributed by atoms with Crippen LogP contribution in [0.1, 0.15) is 29.8 Å². The summed E-state index contributed by atoms with van der Waals surface area (Å²) in [6, 6.07) is 6.96. The Morgan fingerprint density at radius 2 is 2.12 bits per heavy atom. The summed E-state index contributed by atoms with van der Waals surface area (Å²) < 4.78 is 1.94. The monoisotopic (exact) mass is 338 g/mol. The highest BCUT2D eigenvalue weighted by Gasteiger charge is 2.19. The van der Waals surface area contributed by atoms with Gasteiger partial charge in [-0.3, -0.25) is 9.59 Å². The lowest BCUT2D eigenvalue weighted by Gasteiger charge is -2.23. The number of imidazole rings is 1. The summed E-state index contributed by atoms with van der Waals surface area (Å²) in [4.78, 5) is 31.6. The fourth-order valence-corrected chi connectivity index (χ4v) is 2.85. The third kappa shape index (κ3) is 3.79. The van der Waals surface area contributed by atoms with Gasteiger partial charge in [0.05, 0.1) is 11.9 Å². The number of aromatic nitrogens is 3. The summed E-state index contributed by atoms with van der Waals surface area (Å²) in [7, 11) is 0. The highest BCUT2D eigenvalue weighted by molar-refractivity contribution is 6.06. The molecule has 0 spiro atoms. The average molecular weight is 338 g/mol. The average Bonchev–Trinajstić information content (AvgIpc) is 3.06. The lowest BCUT2D eigenvalue weighted by atomic mass is 10.0. The Kier molecular flexibility index (Phi) is 4.70. The van der Waals surface area contributed by atoms with Crippen LogP contribution in [0.2, 0.25) is 0 Å². The van der Waals surface area contributed by atoms with E-state index in [4.69, 9.17) is 0 Å². The third-order valence-electron chi connectivity index (χ3n) is 4.33. The Balaban J connectivity index is 1.92. The summed E-state index contributed by atoms with van der Waals surface area (Å²) in [6.07, 6.45) is 5.31. The third-order valence-corrected chi connectivity index (χ3v) is 4.33. The first-order valence-corrected chi connectivity index (χ1v) is 8.34. The van der Waals surface area contributed by atoms with Gasteiger partial charge < -0.3 is 14.9 Å². The lowest BCUT2D eigenvalue weighted by molar-refractivity contribution is 0.0922. The Hall–Kier alpha value is -2.89. The standard InChI is InChI=1S/C19H22N4O2/c1-12(2)17(10-23-7-6-20-11-23)22-19(25)15-9-18(24)21-16-5-4-13(3)8-14(15)16/h4-9,11-12,17H,10H2,1-3H3,(H,21,24)(H,22,25)/t17-/m0/s1. The first kappa shape index (κ1) is 17.0. The number of nitrogens with zero attached hydrogens (tertiary/aromatic N) is 2. The van der Waals surface area contributed by atoms with Gasteiger partial charge in [0, 0.05) is 41.9 Å². The van der Waals surface area contributed by atoms with E-state index in [2.05, 4.69) is 29.1 Å². The second-order valence-electron chi connectivity index (χ2n) is 6.68. The highest BCUT2D eigenvalue weighted by Crippen LogP contribution is 2.17. The van der Waals surface area contributed by atoms with Gasteiger partial charge in [0.1, 0.15) is 0 Å². The molecule has 1 aromatic carbocycles. The molecule has 0 fully saturated rings. The second-order valence-corrected chi connectivity index (χ2v) is 6.68. The number of aromatic amines is 1. The molecule has 0 unspecified atom stereocenters. The molecule has 25 heavy (non-hydrogen) atoms. The number of rotatable bonds is 5. The molecule has 3 aromatic rings. The largest absolute Gasteiger partial charge is 0.347 e. The topological polar surface area (TPSA) is 79.8 Å². The maximum atomic E-state index is 12.9. The van der Waals surface area contributed by atoms with Crippen LogP contribution in [0.15, 0.2) is 47.8 Å². The van der Waals surface area contributed by atoms with E-state index < -0.39 is 0 Å². The summed E-state index contributed by atoms with van der Waals surface area (Å²) in [6.45, 7) is 6.70. The van der Waals surface area contributed by atoms with E-state index in [-0.39, 0.29) is 23.4 Å². The van der Waals surface area contributed by atoms with Crippen LogP contribution < -0.4 is 10.9 Å². The Morgan fingerprint density at radius 1 is 1.32 bits per heavy atom. The number of hydrogen-bond acceptors (Lipinski definition) is 3. The van der Waals surface area contributed by atoms with Crippen LogP contribution >= 0.6 is 0 Å². The van der Waals surface area contributed by atoms with Gasteiger partial charge in [-0.25, -0.2) is 4.98 Å². The number of amides is 1. The minimum absolute atomic E-state index is 0.0687. The van der Waals surface area contributed by atoms with Gasteiger partial charge >= 0.3 is 0 Å². The first-order valence-electron chi connectivity index (χ1n) is 8.34. The lowest BCUT2D eigenvalue weighted by Crippen LogP contribution is -2.41. The fourth-order valence-electron chi connectivity index (χ4n) is 2.85. The van der Waals surface area contributed by atoms with Crippen LogP contribution in [0.5, 0.6) is 0 Å². The SMILES string of the molecule is Cc1ccc2[nH]c(=O)cc(C(=O)N[C@@H](Cn3ccnc3)C(C)C)c2c1. The van der Waals surface area contributed by atoms with Crippen LogP contribution in [0.25, 0.3) is 10.9 Å². The molecule has 0 saturated heterocycles. The number of nitrogens with one attached hydrogen (secondary N) is 2. The first-order chi connectivity index (χ1) is 11.9. The quantitative estimate of drug-likeness (QED) is 0.750. The zero-order valence-corrected chi connectivity index (χ0v) is 14.6. The van der Waals surface area contributed by atoms with Crippen molar-refractivity contribution >= 4 is 16.8 Å². The number of fused-ring (bicyclic) bond motifs is 1. The number of carbonyl (C=O) groups is 1. The predicted molar refractivity (Wildman–Crippen MR) is 97.6 cm³/mol. The van der Waals surface area contributed by atoms with Crippen LogP contribution in [0.3, 0.4) is 0 Å². The van der Waals surface area contributed by atoms with Crippen molar-refractivity contribution in [2.24, 2.45) is 5.92 Å². The van der Waals surface area contributed by atoms with Crippen LogP contribution in [0.4, 0.5) is 0 Å². The van der Waals surface area contributed by atoms with E-state index in [1.165, 1.54) is 6.07 Å². The molecule has 1 atom stereocenters. The van der Waals surface area contributed by atoms with Gasteiger partial charge in [0.2, 0.25) is 5.56 Å². The molecule has 0 aliphatic carbocycles. The maximum Gasteiger partial charge on any atom is 0.252 e. The Morgan fingerprint density at radius 3 is 2.80 bits per heavy atom. The van der Waals surface area contributed by atoms with E-state index in [1.54, 1.807) is 12.5 Å². The number of pyridine rings is 1. The molecule has 2 N–H and O–H groups in total. The van der Waals surface area contributed by atoms with Crippen molar-refractivity contribution in [3.8, 4) is 0 Å². The van der Waals surface area contributed by atoms with Crippen molar-refractivity contribution in [2.75, 3.05) is 0 Å². The number of carbonyl (C=O) groups excluding carboxylic acids is 1. The summed E-state index contributed by atoms with van der Waals surface area (Å²) in [5.41, 5.74) is 1.82. The molecule has 0 saturated carbocycles. The molecular formula is C19H22N4O2. The van der Waals surface area contributed by atoms with Crippen LogP contribution in [-0.4, -0.2) is 26.5 Å². The molecule has 0 aliphatic heterocycles. The van der Waals surface area contributed by atoms with Crippen LogP contribution in [0, 0.1) is 12.8 Å². The van der Waals surface area contributed by atoms with Gasteiger partial charge in [0.25, 0.3) is 5.91 Å². The fraction of sp³-hybridized carbons (Fsp3) is 0.316. The number of H-pyrrole nitrogens is 1. The molecule has 2 heterocycles. The molecule has 6 nitrogen and oxygen atoms in total. The van der Waals surface area contributed by atoms with Crippen molar-refractivity contribution in [1.29, 1.82) is 0 Å². The zero-order chi connectivity index (χ0) is 18.0. The molecule has 1 amide bonds. The minimum atomic E-state index is -0.280. The molecule has 0 radical (unpaired) electrons. The molecule has 0 aliphatic rings. The van der Waals surface area contributed by atoms with Gasteiger partial charge in [-0.2, -0.15) is 0 Å². The molecule has 3 rings (SSSR count). The normalized spacial score (nSPS) is 12.5. The van der Waals surface area contributed by atoms with E-state index in [1.807, 2.05) is 35.9 Å². The summed E-state index contributed by atoms with van der Waals surface area (Å²) >= 11 is 0. The van der Waals surface area contributed by atoms with Gasteiger partial charge in [-0.15, -0.1) is 0 Å². The zero-order valence-electron chi connectivity index (χ0n) is 14.6. The van der Waals surface area contributed by atoms with Crippen molar-refractivity contribution in [3.05, 3.63) is 64.5 Å². The Labute approximate surface area is 145 Å². The van der Waals surface area contributed by atoms with E-state index in [0.717, 1.165) is 10.9 Å². The predicted octanol–water partition coefficient (Wildman–Crippen LogP) is 2.49. The van der Waals surface area contributed by atoms with Gasteiger partial charge in [-0.1, -0.05) is 25.5 Å². The smallest absolute Gasteiger partial charge is 0.252 e. The molecule has 0 bridgehead atoms. The summed E-state index contributed by atoms with van der Waals surface area (Å²) in [5.74, 6) is 0.00172. The second kappa shape index (κ2) is 6.93. The molecule has 130 valence electrons. The summed E-state index contributed by atoms with van der Waals surface area (Å²) in [5, 5.41) is 3.82. The van der Waals surface area contributed by atoms with Crippen molar-refractivity contribution in [1.82, 2.24) is 19.9 Å². The highest BCUT2D eigenvalue weighted by atomic mass is 16.2. The van der Waals surface area contributed by atoms with Crippen molar-refractivity contribution < 1.29 is 4.79 Å². The number of hydrogen-bond donors (Lipinski definition) is 2. The molecule has 2 aromatic heterocycles. The van der Waals surface area contributed by atoms with Crippen LogP contribution in [-0.2, 0) is 6.54 Å². The van der Waals surface area contributed by atoms with E-state index in [0.29, 0.717) is 17.6 Å². The van der Waals surface area contributed by atoms with E-state index in [9.17, 15) is 9.59 Å². The molecule has 6 heteroatoms. The molecular weight excluding hydrogens is 316 g/mol. The minimum Gasteiger partial charge on any atom is -0.347 e. The van der Waals surface area contributed by atoms with Gasteiger partial charge in [-0.05, 0) is 25.0 Å². The maximum absolute atomic E-state index is 12.9. The number of aryl methyl sites for hydroxylation is 1. The van der Waals surface area contributed by atoms with Crippen molar-refractivity contribution in [3.63, 3.8) is 0 Å². The Bertz CT molecular complexity index is 942. The van der Waals surface area contributed by atoms with Gasteiger partial charge in [0.15, 0.2) is 0 Å².